The molecule has 1 rings (SSSR count). The second-order valence-electron chi connectivity index (χ2n) is 4.51. The number of hydrogen-bond acceptors (Lipinski definition) is 4. The molecule has 0 aliphatic carbocycles. The number of nitrogens with two attached hydrogens (primary N) is 1. The molecule has 1 amide bonds. The van der Waals surface area contributed by atoms with Crippen LogP contribution in [0.15, 0.2) is 18.2 Å². The Morgan fingerprint density at radius 2 is 2.32 bits per heavy atom. The average molecular weight is 281 g/mol. The average Bonchev–Trinajstić information content (AvgIpc) is 2.32. The van der Waals surface area contributed by atoms with Gasteiger partial charge in [0.1, 0.15) is 0 Å². The second kappa shape index (κ2) is 6.98. The number of nitrogens with zero attached hydrogens (tertiary/aromatic N) is 2. The van der Waals surface area contributed by atoms with E-state index in [-0.39, 0.29) is 18.4 Å². The molecule has 0 spiro atoms. The lowest BCUT2D eigenvalue weighted by Gasteiger charge is -2.17. The number of amides is 1. The lowest BCUT2D eigenvalue weighted by molar-refractivity contribution is -0.117. The molecular weight excluding hydrogens is 264 g/mol. The molecule has 0 saturated carbocycles. The smallest absolute Gasteiger partial charge is 0.238 e. The van der Waals surface area contributed by atoms with Gasteiger partial charge in [0.05, 0.1) is 29.9 Å². The molecule has 0 radical (unpaired) electrons. The van der Waals surface area contributed by atoms with E-state index < -0.39 is 0 Å². The number of benzene rings is 1. The first-order valence-electron chi connectivity index (χ1n) is 5.85. The Morgan fingerprint density at radius 3 is 2.89 bits per heavy atom. The van der Waals surface area contributed by atoms with Gasteiger partial charge in [-0.3, -0.25) is 9.69 Å². The van der Waals surface area contributed by atoms with Gasteiger partial charge in [-0.25, -0.2) is 0 Å². The summed E-state index contributed by atoms with van der Waals surface area (Å²) in [7, 11) is 1.79. The maximum Gasteiger partial charge on any atom is 0.238 e. The van der Waals surface area contributed by atoms with Crippen LogP contribution in [-0.2, 0) is 4.79 Å². The van der Waals surface area contributed by atoms with Crippen LogP contribution in [0.1, 0.15) is 6.92 Å². The predicted octanol–water partition coefficient (Wildman–Crippen LogP) is 1.95. The molecule has 19 heavy (non-hydrogen) atoms. The fourth-order valence-corrected chi connectivity index (χ4v) is 1.84. The van der Waals surface area contributed by atoms with Crippen molar-refractivity contribution in [1.82, 2.24) is 4.90 Å². The number of likely N-dealkylation sites (N-methyl/N-ethyl adjacent to an activating group) is 1. The van der Waals surface area contributed by atoms with Gasteiger partial charge in [-0.05, 0) is 32.2 Å². The summed E-state index contributed by atoms with van der Waals surface area (Å²) in [5, 5.41) is 11.9. The summed E-state index contributed by atoms with van der Waals surface area (Å²) in [4.78, 5) is 13.6. The molecule has 1 atom stereocenters. The van der Waals surface area contributed by atoms with Crippen molar-refractivity contribution in [1.29, 1.82) is 5.26 Å². The lowest BCUT2D eigenvalue weighted by atomic mass is 10.2. The number of nitrogens with one attached hydrogen (secondary N) is 1. The van der Waals surface area contributed by atoms with E-state index in [0.717, 1.165) is 0 Å². The highest BCUT2D eigenvalue weighted by molar-refractivity contribution is 6.31. The first-order chi connectivity index (χ1) is 8.92. The number of nitriles is 1. The number of carbonyl (C=O) groups is 1. The van der Waals surface area contributed by atoms with Crippen LogP contribution in [0.5, 0.6) is 0 Å². The van der Waals surface area contributed by atoms with Gasteiger partial charge in [-0.15, -0.1) is 0 Å². The Kier molecular flexibility index (Phi) is 5.61. The zero-order valence-electron chi connectivity index (χ0n) is 11.0. The fraction of sp³-hybridized carbons (Fsp3) is 0.385. The zero-order chi connectivity index (χ0) is 14.4. The Labute approximate surface area is 117 Å². The van der Waals surface area contributed by atoms with Crippen LogP contribution in [0.3, 0.4) is 0 Å². The maximum absolute atomic E-state index is 11.8. The fourth-order valence-electron chi connectivity index (χ4n) is 1.66. The molecule has 0 aromatic heterocycles. The summed E-state index contributed by atoms with van der Waals surface area (Å²) in [6.45, 7) is 2.56. The predicted molar refractivity (Wildman–Crippen MR) is 76.8 cm³/mol. The molecule has 0 heterocycles. The van der Waals surface area contributed by atoms with Crippen LogP contribution in [0.25, 0.3) is 0 Å². The van der Waals surface area contributed by atoms with Crippen LogP contribution in [0, 0.1) is 17.2 Å². The molecule has 0 aliphatic heterocycles. The quantitative estimate of drug-likeness (QED) is 0.808. The topological polar surface area (TPSA) is 82.2 Å². The van der Waals surface area contributed by atoms with Crippen molar-refractivity contribution < 1.29 is 4.79 Å². The Morgan fingerprint density at radius 1 is 1.63 bits per heavy atom. The Hall–Kier alpha value is -1.77. The van der Waals surface area contributed by atoms with E-state index in [4.69, 9.17) is 22.6 Å². The molecule has 0 fully saturated rings. The summed E-state index contributed by atoms with van der Waals surface area (Å²) >= 11 is 5.78. The van der Waals surface area contributed by atoms with Gasteiger partial charge in [0, 0.05) is 11.6 Å². The molecule has 3 N–H and O–H groups in total. The molecule has 0 aliphatic rings. The number of carbonyl (C=O) groups excluding carboxylic acids is 1. The third kappa shape index (κ3) is 5.16. The van der Waals surface area contributed by atoms with Crippen molar-refractivity contribution in [3.05, 3.63) is 23.2 Å². The van der Waals surface area contributed by atoms with Crippen LogP contribution in [-0.4, -0.2) is 30.9 Å². The zero-order valence-corrected chi connectivity index (χ0v) is 11.7. The van der Waals surface area contributed by atoms with E-state index in [2.05, 4.69) is 11.4 Å². The largest absolute Gasteiger partial charge is 0.397 e. The van der Waals surface area contributed by atoms with Crippen molar-refractivity contribution in [2.45, 2.75) is 6.92 Å². The minimum atomic E-state index is -0.179. The maximum atomic E-state index is 11.8. The molecule has 102 valence electrons. The van der Waals surface area contributed by atoms with E-state index in [1.807, 2.05) is 6.92 Å². The molecule has 0 saturated heterocycles. The minimum absolute atomic E-state index is 0.113. The third-order valence-electron chi connectivity index (χ3n) is 2.51. The number of hydrogen-bond donors (Lipinski definition) is 2. The van der Waals surface area contributed by atoms with E-state index >= 15 is 0 Å². The third-order valence-corrected chi connectivity index (χ3v) is 2.74. The van der Waals surface area contributed by atoms with Gasteiger partial charge in [-0.1, -0.05) is 11.6 Å². The standard InChI is InChI=1S/C13H17ClN4O/c1-9(6-15)7-18(2)8-13(19)17-12-4-3-10(14)5-11(12)16/h3-5,9H,7-8,16H2,1-2H3,(H,17,19). The van der Waals surface area contributed by atoms with Gasteiger partial charge in [0.25, 0.3) is 0 Å². The number of rotatable bonds is 5. The van der Waals surface area contributed by atoms with Gasteiger partial charge in [0.15, 0.2) is 0 Å². The van der Waals surface area contributed by atoms with Gasteiger partial charge in [0.2, 0.25) is 5.91 Å². The highest BCUT2D eigenvalue weighted by atomic mass is 35.5. The molecule has 1 aromatic carbocycles. The van der Waals surface area contributed by atoms with Crippen molar-refractivity contribution in [3.8, 4) is 6.07 Å². The molecule has 5 nitrogen and oxygen atoms in total. The highest BCUT2D eigenvalue weighted by Crippen LogP contribution is 2.22. The SMILES string of the molecule is CC(C#N)CN(C)CC(=O)Nc1ccc(Cl)cc1N. The molecule has 6 heteroatoms. The second-order valence-corrected chi connectivity index (χ2v) is 4.94. The van der Waals surface area contributed by atoms with Crippen molar-refractivity contribution in [2.24, 2.45) is 5.92 Å². The number of nitrogen functional groups attached to an aromatic ring is 1. The van der Waals surface area contributed by atoms with E-state index in [0.29, 0.717) is 22.9 Å². The van der Waals surface area contributed by atoms with E-state index in [9.17, 15) is 4.79 Å². The summed E-state index contributed by atoms with van der Waals surface area (Å²) in [5.74, 6) is -0.292. The monoisotopic (exact) mass is 280 g/mol. The normalized spacial score (nSPS) is 11.9. The number of halogens is 1. The van der Waals surface area contributed by atoms with Crippen molar-refractivity contribution >= 4 is 28.9 Å². The van der Waals surface area contributed by atoms with Crippen LogP contribution in [0.4, 0.5) is 11.4 Å². The summed E-state index contributed by atoms with van der Waals surface area (Å²) < 4.78 is 0. The van der Waals surface area contributed by atoms with Crippen LogP contribution in [0.2, 0.25) is 5.02 Å². The summed E-state index contributed by atoms with van der Waals surface area (Å²) in [6, 6.07) is 7.03. The Bertz CT molecular complexity index is 498. The van der Waals surface area contributed by atoms with Crippen molar-refractivity contribution in [2.75, 3.05) is 31.2 Å². The van der Waals surface area contributed by atoms with Crippen LogP contribution < -0.4 is 11.1 Å². The summed E-state index contributed by atoms with van der Waals surface area (Å²) in [5.41, 5.74) is 6.71. The first-order valence-corrected chi connectivity index (χ1v) is 6.23. The Balaban J connectivity index is 2.54. The lowest BCUT2D eigenvalue weighted by Crippen LogP contribution is -2.33. The number of anilines is 2. The molecule has 0 bridgehead atoms. The first kappa shape index (κ1) is 15.3. The highest BCUT2D eigenvalue weighted by Gasteiger charge is 2.11. The van der Waals surface area contributed by atoms with Gasteiger partial charge >= 0.3 is 0 Å². The summed E-state index contributed by atoms with van der Waals surface area (Å²) in [6.07, 6.45) is 0. The van der Waals surface area contributed by atoms with Gasteiger partial charge in [-0.2, -0.15) is 5.26 Å². The van der Waals surface area contributed by atoms with Crippen LogP contribution >= 0.6 is 11.6 Å². The minimum Gasteiger partial charge on any atom is -0.397 e. The molecule has 1 unspecified atom stereocenters. The van der Waals surface area contributed by atoms with Gasteiger partial charge < -0.3 is 11.1 Å². The van der Waals surface area contributed by atoms with E-state index in [1.165, 1.54) is 0 Å². The van der Waals surface area contributed by atoms with E-state index in [1.54, 1.807) is 30.1 Å². The molecular formula is C13H17ClN4O. The molecule has 1 aromatic rings. The van der Waals surface area contributed by atoms with Crippen molar-refractivity contribution in [3.63, 3.8) is 0 Å².